The van der Waals surface area contributed by atoms with E-state index in [0.717, 1.165) is 38.9 Å². The highest BCUT2D eigenvalue weighted by Crippen LogP contribution is 2.21. The first-order valence-corrected chi connectivity index (χ1v) is 7.58. The molecule has 0 radical (unpaired) electrons. The first kappa shape index (κ1) is 14.3. The van der Waals surface area contributed by atoms with Gasteiger partial charge < -0.3 is 9.47 Å². The molecule has 3 N–H and O–H groups in total. The van der Waals surface area contributed by atoms with Crippen LogP contribution in [0.2, 0.25) is 0 Å². The van der Waals surface area contributed by atoms with Gasteiger partial charge in [-0.2, -0.15) is 0 Å². The van der Waals surface area contributed by atoms with Crippen molar-refractivity contribution in [2.24, 2.45) is 5.84 Å². The van der Waals surface area contributed by atoms with Crippen LogP contribution >= 0.6 is 0 Å². The molecule has 0 amide bonds. The number of hydrazine groups is 1. The Bertz CT molecular complexity index is 214. The Morgan fingerprint density at radius 1 is 0.944 bits per heavy atom. The maximum atomic E-state index is 5.76. The summed E-state index contributed by atoms with van der Waals surface area (Å²) in [5.74, 6) is 5.64. The summed E-state index contributed by atoms with van der Waals surface area (Å²) in [4.78, 5) is 0. The molecule has 2 aliphatic rings. The molecule has 2 saturated heterocycles. The van der Waals surface area contributed by atoms with E-state index in [2.05, 4.69) is 5.43 Å². The molecule has 0 saturated carbocycles. The Kier molecular flexibility index (Phi) is 6.41. The van der Waals surface area contributed by atoms with Crippen LogP contribution in [0, 0.1) is 0 Å². The molecule has 4 heteroatoms. The summed E-state index contributed by atoms with van der Waals surface area (Å²) in [7, 11) is 0. The van der Waals surface area contributed by atoms with Gasteiger partial charge in [0, 0.05) is 19.3 Å². The first-order valence-electron chi connectivity index (χ1n) is 7.58. The van der Waals surface area contributed by atoms with Gasteiger partial charge in [0.2, 0.25) is 0 Å². The Labute approximate surface area is 111 Å². The normalized spacial score (nSPS) is 30.5. The number of hydrogen-bond acceptors (Lipinski definition) is 4. The smallest absolute Gasteiger partial charge is 0.0576 e. The van der Waals surface area contributed by atoms with E-state index in [1.54, 1.807) is 0 Å². The third-order valence-electron chi connectivity index (χ3n) is 4.21. The summed E-state index contributed by atoms with van der Waals surface area (Å²) in [6.45, 7) is 1.89. The fourth-order valence-corrected chi connectivity index (χ4v) is 2.99. The molecule has 0 bridgehead atoms. The first-order chi connectivity index (χ1) is 8.88. The SMILES string of the molecule is NNC(CCC1CCCCO1)CCC1CCCO1. The minimum Gasteiger partial charge on any atom is -0.378 e. The van der Waals surface area contributed by atoms with Gasteiger partial charge in [0.25, 0.3) is 0 Å². The monoisotopic (exact) mass is 256 g/mol. The van der Waals surface area contributed by atoms with E-state index in [1.807, 2.05) is 0 Å². The van der Waals surface area contributed by atoms with Crippen molar-refractivity contribution >= 4 is 0 Å². The second-order valence-corrected chi connectivity index (χ2v) is 5.64. The number of hydrogen-bond donors (Lipinski definition) is 2. The minimum atomic E-state index is 0.416. The van der Waals surface area contributed by atoms with Crippen molar-refractivity contribution in [1.82, 2.24) is 5.43 Å². The van der Waals surface area contributed by atoms with Gasteiger partial charge >= 0.3 is 0 Å². The van der Waals surface area contributed by atoms with Crippen LogP contribution in [0.1, 0.15) is 57.8 Å². The van der Waals surface area contributed by atoms with Crippen LogP contribution in [-0.4, -0.2) is 31.5 Å². The van der Waals surface area contributed by atoms with Crippen molar-refractivity contribution in [1.29, 1.82) is 0 Å². The van der Waals surface area contributed by atoms with Gasteiger partial charge in [0.05, 0.1) is 12.2 Å². The lowest BCUT2D eigenvalue weighted by Crippen LogP contribution is -2.36. The standard InChI is InChI=1S/C14H28N2O2/c15-16-12(7-9-14-5-3-11-18-14)6-8-13-4-1-2-10-17-13/h12-14,16H,1-11,15H2. The lowest BCUT2D eigenvalue weighted by molar-refractivity contribution is 0.00811. The van der Waals surface area contributed by atoms with Gasteiger partial charge in [0.15, 0.2) is 0 Å². The fourth-order valence-electron chi connectivity index (χ4n) is 2.99. The zero-order valence-corrected chi connectivity index (χ0v) is 11.4. The molecule has 106 valence electrons. The molecule has 3 atom stereocenters. The maximum Gasteiger partial charge on any atom is 0.0576 e. The molecule has 3 unspecified atom stereocenters. The van der Waals surface area contributed by atoms with Crippen LogP contribution in [-0.2, 0) is 9.47 Å². The molecular formula is C14H28N2O2. The molecule has 0 spiro atoms. The van der Waals surface area contributed by atoms with Crippen molar-refractivity contribution in [2.45, 2.75) is 76.0 Å². The van der Waals surface area contributed by atoms with E-state index in [0.29, 0.717) is 18.2 Å². The average Bonchev–Trinajstić information content (AvgIpc) is 2.93. The number of nitrogens with two attached hydrogens (primary N) is 1. The van der Waals surface area contributed by atoms with Gasteiger partial charge in [-0.25, -0.2) is 0 Å². The van der Waals surface area contributed by atoms with Crippen LogP contribution in [0.25, 0.3) is 0 Å². The fraction of sp³-hybridized carbons (Fsp3) is 1.00. The predicted octanol–water partition coefficient (Wildman–Crippen LogP) is 2.13. The quantitative estimate of drug-likeness (QED) is 0.541. The molecule has 4 nitrogen and oxygen atoms in total. The highest BCUT2D eigenvalue weighted by atomic mass is 16.5. The number of ether oxygens (including phenoxy) is 2. The highest BCUT2D eigenvalue weighted by molar-refractivity contribution is 4.73. The lowest BCUT2D eigenvalue weighted by Gasteiger charge is -2.25. The predicted molar refractivity (Wildman–Crippen MR) is 72.1 cm³/mol. The maximum absolute atomic E-state index is 5.76. The van der Waals surface area contributed by atoms with Crippen molar-refractivity contribution in [2.75, 3.05) is 13.2 Å². The Balaban J connectivity index is 1.58. The largest absolute Gasteiger partial charge is 0.378 e. The summed E-state index contributed by atoms with van der Waals surface area (Å²) in [5.41, 5.74) is 2.95. The molecule has 0 aromatic heterocycles. The van der Waals surface area contributed by atoms with Gasteiger partial charge in [-0.15, -0.1) is 0 Å². The number of rotatable bonds is 7. The van der Waals surface area contributed by atoms with E-state index >= 15 is 0 Å². The summed E-state index contributed by atoms with van der Waals surface area (Å²) >= 11 is 0. The molecule has 0 aliphatic carbocycles. The molecule has 2 rings (SSSR count). The van der Waals surface area contributed by atoms with Gasteiger partial charge in [-0.3, -0.25) is 11.3 Å². The average molecular weight is 256 g/mol. The van der Waals surface area contributed by atoms with Crippen LogP contribution in [0.4, 0.5) is 0 Å². The van der Waals surface area contributed by atoms with Crippen LogP contribution in [0.5, 0.6) is 0 Å². The third kappa shape index (κ3) is 4.84. The molecule has 2 fully saturated rings. The molecule has 18 heavy (non-hydrogen) atoms. The topological polar surface area (TPSA) is 56.5 Å². The lowest BCUT2D eigenvalue weighted by atomic mass is 9.98. The third-order valence-corrected chi connectivity index (χ3v) is 4.21. The number of nitrogens with one attached hydrogen (secondary N) is 1. The highest BCUT2D eigenvalue weighted by Gasteiger charge is 2.19. The van der Waals surface area contributed by atoms with Gasteiger partial charge in [0.1, 0.15) is 0 Å². The van der Waals surface area contributed by atoms with E-state index in [4.69, 9.17) is 15.3 Å². The Hall–Kier alpha value is -0.160. The van der Waals surface area contributed by atoms with E-state index < -0.39 is 0 Å². The van der Waals surface area contributed by atoms with E-state index in [1.165, 1.54) is 32.1 Å². The van der Waals surface area contributed by atoms with Gasteiger partial charge in [-0.05, 0) is 57.8 Å². The second kappa shape index (κ2) is 8.10. The Morgan fingerprint density at radius 3 is 2.00 bits per heavy atom. The summed E-state index contributed by atoms with van der Waals surface area (Å²) in [5, 5.41) is 0. The van der Waals surface area contributed by atoms with Crippen LogP contribution < -0.4 is 11.3 Å². The molecule has 0 aromatic carbocycles. The molecule has 0 aromatic rings. The summed E-state index contributed by atoms with van der Waals surface area (Å²) < 4.78 is 11.4. The van der Waals surface area contributed by atoms with Crippen LogP contribution in [0.3, 0.4) is 0 Å². The summed E-state index contributed by atoms with van der Waals surface area (Å²) in [6.07, 6.45) is 11.7. The summed E-state index contributed by atoms with van der Waals surface area (Å²) in [6, 6.07) is 0.416. The second-order valence-electron chi connectivity index (χ2n) is 5.64. The van der Waals surface area contributed by atoms with Gasteiger partial charge in [-0.1, -0.05) is 0 Å². The van der Waals surface area contributed by atoms with Crippen molar-refractivity contribution in [3.8, 4) is 0 Å². The van der Waals surface area contributed by atoms with Crippen molar-refractivity contribution < 1.29 is 9.47 Å². The molecule has 2 heterocycles. The van der Waals surface area contributed by atoms with E-state index in [9.17, 15) is 0 Å². The molecule has 2 aliphatic heterocycles. The van der Waals surface area contributed by atoms with Crippen molar-refractivity contribution in [3.05, 3.63) is 0 Å². The molecular weight excluding hydrogens is 228 g/mol. The zero-order chi connectivity index (χ0) is 12.6. The minimum absolute atomic E-state index is 0.416. The van der Waals surface area contributed by atoms with E-state index in [-0.39, 0.29) is 0 Å². The van der Waals surface area contributed by atoms with Crippen molar-refractivity contribution in [3.63, 3.8) is 0 Å². The van der Waals surface area contributed by atoms with Crippen LogP contribution in [0.15, 0.2) is 0 Å². The zero-order valence-electron chi connectivity index (χ0n) is 11.4. The Morgan fingerprint density at radius 2 is 1.56 bits per heavy atom.